The fourth-order valence-corrected chi connectivity index (χ4v) is 2.84. The van der Waals surface area contributed by atoms with E-state index in [4.69, 9.17) is 0 Å². The summed E-state index contributed by atoms with van der Waals surface area (Å²) in [6, 6.07) is 1.30. The molecule has 0 heterocycles. The summed E-state index contributed by atoms with van der Waals surface area (Å²) in [5.41, 5.74) is 0. The summed E-state index contributed by atoms with van der Waals surface area (Å²) in [7, 11) is 0. The molecule has 2 fully saturated rings. The van der Waals surface area contributed by atoms with E-state index in [-0.39, 0.29) is 6.10 Å². The number of aliphatic hydroxyl groups excluding tert-OH is 1. The van der Waals surface area contributed by atoms with Crippen LogP contribution in [0.3, 0.4) is 0 Å². The van der Waals surface area contributed by atoms with Crippen LogP contribution in [0, 0.1) is 0 Å². The van der Waals surface area contributed by atoms with Crippen molar-refractivity contribution < 1.29 is 5.11 Å². The Morgan fingerprint density at radius 3 is 2.47 bits per heavy atom. The summed E-state index contributed by atoms with van der Waals surface area (Å²) in [6.07, 6.45) is 10.0. The molecule has 0 unspecified atom stereocenters. The van der Waals surface area contributed by atoms with Crippen LogP contribution in [0.15, 0.2) is 0 Å². The van der Waals surface area contributed by atoms with Crippen LogP contribution in [0.25, 0.3) is 0 Å². The van der Waals surface area contributed by atoms with Gasteiger partial charge in [0.05, 0.1) is 6.10 Å². The maximum absolute atomic E-state index is 10.1. The molecule has 0 aliphatic heterocycles. The van der Waals surface area contributed by atoms with Crippen molar-refractivity contribution in [3.8, 4) is 0 Å². The normalized spacial score (nSPS) is 32.2. The number of aliphatic hydroxyl groups is 1. The van der Waals surface area contributed by atoms with Gasteiger partial charge in [-0.15, -0.1) is 0 Å². The first-order valence-corrected chi connectivity index (χ1v) is 6.76. The molecule has 0 amide bonds. The molecule has 2 heteroatoms. The molecule has 1 N–H and O–H groups in total. The number of rotatable bonds is 5. The Bertz CT molecular complexity index is 191. The van der Waals surface area contributed by atoms with Crippen molar-refractivity contribution in [2.24, 2.45) is 0 Å². The Kier molecular flexibility index (Phi) is 4.04. The van der Waals surface area contributed by atoms with Gasteiger partial charge in [-0.05, 0) is 38.6 Å². The zero-order chi connectivity index (χ0) is 10.7. The van der Waals surface area contributed by atoms with E-state index in [0.717, 1.165) is 12.5 Å². The number of hydrogen-bond donors (Lipinski definition) is 1. The average molecular weight is 211 g/mol. The van der Waals surface area contributed by atoms with Crippen molar-refractivity contribution >= 4 is 0 Å². The standard InChI is InChI=1S/C13H25NO/c1-2-3-10-14(11-8-9-11)12-6-4-5-7-13(12)15/h11-13,15H,2-10H2,1H3/t12-,13-/m0/s1. The van der Waals surface area contributed by atoms with Gasteiger partial charge in [0.15, 0.2) is 0 Å². The summed E-state index contributed by atoms with van der Waals surface area (Å²) in [4.78, 5) is 2.62. The molecule has 2 rings (SSSR count). The maximum atomic E-state index is 10.1. The van der Waals surface area contributed by atoms with E-state index >= 15 is 0 Å². The van der Waals surface area contributed by atoms with Crippen LogP contribution in [0.2, 0.25) is 0 Å². The molecule has 88 valence electrons. The van der Waals surface area contributed by atoms with Crippen LogP contribution in [0.4, 0.5) is 0 Å². The summed E-state index contributed by atoms with van der Waals surface area (Å²) < 4.78 is 0. The largest absolute Gasteiger partial charge is 0.391 e. The zero-order valence-corrected chi connectivity index (χ0v) is 9.99. The Morgan fingerprint density at radius 2 is 1.87 bits per heavy atom. The highest BCUT2D eigenvalue weighted by Crippen LogP contribution is 2.33. The fraction of sp³-hybridized carbons (Fsp3) is 1.00. The van der Waals surface area contributed by atoms with Gasteiger partial charge in [0.25, 0.3) is 0 Å². The molecule has 2 aliphatic carbocycles. The maximum Gasteiger partial charge on any atom is 0.0695 e. The van der Waals surface area contributed by atoms with Gasteiger partial charge in [0.1, 0.15) is 0 Å². The highest BCUT2D eigenvalue weighted by Gasteiger charge is 2.37. The summed E-state index contributed by atoms with van der Waals surface area (Å²) in [5.74, 6) is 0. The molecule has 0 radical (unpaired) electrons. The molecular formula is C13H25NO. The molecule has 15 heavy (non-hydrogen) atoms. The molecule has 2 nitrogen and oxygen atoms in total. The zero-order valence-electron chi connectivity index (χ0n) is 9.99. The first-order chi connectivity index (χ1) is 7.33. The van der Waals surface area contributed by atoms with Gasteiger partial charge in [0.2, 0.25) is 0 Å². The van der Waals surface area contributed by atoms with Crippen molar-refractivity contribution in [3.63, 3.8) is 0 Å². The smallest absolute Gasteiger partial charge is 0.0695 e. The van der Waals surface area contributed by atoms with E-state index in [1.54, 1.807) is 0 Å². The summed E-state index contributed by atoms with van der Waals surface area (Å²) in [5, 5.41) is 10.1. The minimum Gasteiger partial charge on any atom is -0.391 e. The second-order valence-corrected chi connectivity index (χ2v) is 5.24. The molecule has 0 spiro atoms. The van der Waals surface area contributed by atoms with Gasteiger partial charge in [-0.1, -0.05) is 26.2 Å². The highest BCUT2D eigenvalue weighted by atomic mass is 16.3. The molecule has 0 aromatic heterocycles. The molecule has 0 saturated heterocycles. The van der Waals surface area contributed by atoms with Crippen LogP contribution in [-0.4, -0.2) is 34.7 Å². The summed E-state index contributed by atoms with van der Waals surface area (Å²) in [6.45, 7) is 3.46. The Balaban J connectivity index is 1.89. The van der Waals surface area contributed by atoms with E-state index < -0.39 is 0 Å². The second-order valence-electron chi connectivity index (χ2n) is 5.24. The van der Waals surface area contributed by atoms with E-state index in [1.807, 2.05) is 0 Å². The molecule has 0 aromatic rings. The van der Waals surface area contributed by atoms with E-state index in [9.17, 15) is 5.11 Å². The molecule has 0 bridgehead atoms. The monoisotopic (exact) mass is 211 g/mol. The third-order valence-electron chi connectivity index (χ3n) is 3.91. The van der Waals surface area contributed by atoms with Crippen LogP contribution in [0.1, 0.15) is 58.3 Å². The first kappa shape index (κ1) is 11.4. The Morgan fingerprint density at radius 1 is 1.13 bits per heavy atom. The van der Waals surface area contributed by atoms with Crippen molar-refractivity contribution in [2.45, 2.75) is 76.5 Å². The topological polar surface area (TPSA) is 23.5 Å². The fourth-order valence-electron chi connectivity index (χ4n) is 2.84. The van der Waals surface area contributed by atoms with Crippen molar-refractivity contribution in [3.05, 3.63) is 0 Å². The lowest BCUT2D eigenvalue weighted by Crippen LogP contribution is -2.47. The lowest BCUT2D eigenvalue weighted by atomic mass is 9.91. The quantitative estimate of drug-likeness (QED) is 0.755. The van der Waals surface area contributed by atoms with E-state index in [2.05, 4.69) is 11.8 Å². The predicted octanol–water partition coefficient (Wildman–Crippen LogP) is 2.55. The van der Waals surface area contributed by atoms with Gasteiger partial charge in [0, 0.05) is 12.1 Å². The molecular weight excluding hydrogens is 186 g/mol. The van der Waals surface area contributed by atoms with Crippen molar-refractivity contribution in [2.75, 3.05) is 6.54 Å². The van der Waals surface area contributed by atoms with E-state index in [1.165, 1.54) is 51.5 Å². The number of nitrogens with zero attached hydrogens (tertiary/aromatic N) is 1. The van der Waals surface area contributed by atoms with Gasteiger partial charge < -0.3 is 5.11 Å². The van der Waals surface area contributed by atoms with Crippen LogP contribution < -0.4 is 0 Å². The molecule has 2 atom stereocenters. The van der Waals surface area contributed by atoms with Crippen LogP contribution in [0.5, 0.6) is 0 Å². The minimum absolute atomic E-state index is 0.0452. The third kappa shape index (κ3) is 2.94. The Hall–Kier alpha value is -0.0800. The first-order valence-electron chi connectivity index (χ1n) is 6.76. The van der Waals surface area contributed by atoms with Crippen LogP contribution in [-0.2, 0) is 0 Å². The van der Waals surface area contributed by atoms with Crippen molar-refractivity contribution in [1.82, 2.24) is 4.90 Å². The lowest BCUT2D eigenvalue weighted by Gasteiger charge is -2.38. The SMILES string of the molecule is CCCCN(C1CC1)[C@H]1CCCC[C@@H]1O. The Labute approximate surface area is 93.7 Å². The van der Waals surface area contributed by atoms with Gasteiger partial charge in [-0.2, -0.15) is 0 Å². The lowest BCUT2D eigenvalue weighted by molar-refractivity contribution is 0.0148. The van der Waals surface area contributed by atoms with Gasteiger partial charge in [-0.3, -0.25) is 4.90 Å². The minimum atomic E-state index is -0.0452. The predicted molar refractivity (Wildman–Crippen MR) is 62.9 cm³/mol. The van der Waals surface area contributed by atoms with Gasteiger partial charge >= 0.3 is 0 Å². The van der Waals surface area contributed by atoms with E-state index in [0.29, 0.717) is 6.04 Å². The third-order valence-corrected chi connectivity index (χ3v) is 3.91. The van der Waals surface area contributed by atoms with Gasteiger partial charge in [-0.25, -0.2) is 0 Å². The highest BCUT2D eigenvalue weighted by molar-refractivity contribution is 4.92. The number of hydrogen-bond acceptors (Lipinski definition) is 2. The second kappa shape index (κ2) is 5.31. The molecule has 0 aromatic carbocycles. The van der Waals surface area contributed by atoms with Crippen molar-refractivity contribution in [1.29, 1.82) is 0 Å². The molecule has 2 saturated carbocycles. The molecule has 2 aliphatic rings. The number of unbranched alkanes of at least 4 members (excludes halogenated alkanes) is 1. The van der Waals surface area contributed by atoms with Crippen LogP contribution >= 0.6 is 0 Å². The summed E-state index contributed by atoms with van der Waals surface area (Å²) >= 11 is 0. The average Bonchev–Trinajstić information content (AvgIpc) is 3.05.